The molecule has 3 aromatic carbocycles. The van der Waals surface area contributed by atoms with Crippen molar-refractivity contribution in [2.75, 3.05) is 22.6 Å². The van der Waals surface area contributed by atoms with Crippen molar-refractivity contribution in [2.24, 2.45) is 5.41 Å². The number of hydrogen-bond donors (Lipinski definition) is 3. The molecule has 4 aromatic rings. The van der Waals surface area contributed by atoms with E-state index < -0.39 is 22.2 Å². The number of benzene rings is 3. The van der Waals surface area contributed by atoms with Crippen molar-refractivity contribution in [1.82, 2.24) is 5.48 Å². The Labute approximate surface area is 292 Å². The van der Waals surface area contributed by atoms with E-state index in [-0.39, 0.29) is 17.2 Å². The molecule has 2 heterocycles. The van der Waals surface area contributed by atoms with Gasteiger partial charge in [0.1, 0.15) is 5.88 Å². The maximum absolute atomic E-state index is 13.2. The smallest absolute Gasteiger partial charge is 0.375 e. The van der Waals surface area contributed by atoms with Crippen molar-refractivity contribution in [1.29, 1.82) is 0 Å². The van der Waals surface area contributed by atoms with Crippen LogP contribution in [0.5, 0.6) is 5.75 Å². The van der Waals surface area contributed by atoms with Gasteiger partial charge in [-0.1, -0.05) is 56.3 Å². The van der Waals surface area contributed by atoms with Crippen LogP contribution in [0.3, 0.4) is 0 Å². The van der Waals surface area contributed by atoms with Gasteiger partial charge in [0.25, 0.3) is 11.4 Å². The second kappa shape index (κ2) is 15.2. The Bertz CT molecular complexity index is 1950. The number of ether oxygens (including phenoxy) is 1. The predicted octanol–water partition coefficient (Wildman–Crippen LogP) is 6.98. The molecule has 0 saturated heterocycles. The Hall–Kier alpha value is -4.07. The van der Waals surface area contributed by atoms with Crippen LogP contribution in [0.15, 0.2) is 106 Å². The second-order valence-corrected chi connectivity index (χ2v) is 15.3. The Morgan fingerprint density at radius 1 is 1.02 bits per heavy atom. The molecule has 0 amide bonds. The van der Waals surface area contributed by atoms with Crippen LogP contribution in [-0.2, 0) is 38.7 Å². The molecular weight excluding hydrogens is 661 g/mol. The van der Waals surface area contributed by atoms with Crippen LogP contribution in [0, 0.1) is 5.41 Å². The number of hydrogen-bond acceptors (Lipinski definition) is 8. The van der Waals surface area contributed by atoms with Crippen LogP contribution < -0.4 is 25.0 Å². The van der Waals surface area contributed by atoms with Gasteiger partial charge in [0.15, 0.2) is 16.8 Å². The Morgan fingerprint density at radius 3 is 2.55 bits per heavy atom. The second-order valence-electron chi connectivity index (χ2n) is 13.4. The molecule has 49 heavy (non-hydrogen) atoms. The van der Waals surface area contributed by atoms with E-state index in [1.54, 1.807) is 4.57 Å². The van der Waals surface area contributed by atoms with E-state index in [9.17, 15) is 13.0 Å². The summed E-state index contributed by atoms with van der Waals surface area (Å²) in [6.07, 6.45) is 8.35. The molecular formula is C37H43N4O6S2+. The number of nitrogens with one attached hydrogen (secondary N) is 2. The van der Waals surface area contributed by atoms with E-state index in [1.165, 1.54) is 0 Å². The van der Waals surface area contributed by atoms with Crippen molar-refractivity contribution in [2.45, 2.75) is 58.9 Å². The number of oxazole rings is 1. The molecule has 0 spiro atoms. The molecule has 1 aliphatic carbocycles. The highest BCUT2D eigenvalue weighted by atomic mass is 32.2. The van der Waals surface area contributed by atoms with E-state index in [1.807, 2.05) is 65.6 Å². The number of para-hydroxylation sites is 4. The first-order valence-corrected chi connectivity index (χ1v) is 18.9. The van der Waals surface area contributed by atoms with Crippen LogP contribution in [0.25, 0.3) is 17.2 Å². The number of fused-ring (bicyclic) bond motifs is 2. The third-order valence-corrected chi connectivity index (χ3v) is 9.43. The fourth-order valence-corrected chi connectivity index (χ4v) is 7.48. The molecule has 2 unspecified atom stereocenters. The summed E-state index contributed by atoms with van der Waals surface area (Å²) < 4.78 is 54.4. The van der Waals surface area contributed by atoms with Gasteiger partial charge in [-0.15, -0.1) is 4.57 Å². The Morgan fingerprint density at radius 2 is 1.78 bits per heavy atom. The van der Waals surface area contributed by atoms with Gasteiger partial charge in [0.2, 0.25) is 22.5 Å². The third-order valence-electron chi connectivity index (χ3n) is 8.18. The van der Waals surface area contributed by atoms with Crippen molar-refractivity contribution in [3.05, 3.63) is 113 Å². The van der Waals surface area contributed by atoms with Gasteiger partial charge in [-0.05, 0) is 85.6 Å². The minimum atomic E-state index is -2.05. The molecule has 6 rings (SSSR count). The molecule has 2 atom stereocenters. The highest BCUT2D eigenvalue weighted by Crippen LogP contribution is 2.43. The van der Waals surface area contributed by atoms with Crippen LogP contribution in [0.1, 0.15) is 52.0 Å². The molecule has 3 N–H and O–H groups in total. The normalized spacial score (nSPS) is 18.5. The van der Waals surface area contributed by atoms with Gasteiger partial charge >= 0.3 is 5.89 Å². The molecule has 1 aromatic heterocycles. The molecule has 0 bridgehead atoms. The third kappa shape index (κ3) is 8.94. The van der Waals surface area contributed by atoms with Gasteiger partial charge in [-0.25, -0.2) is 8.42 Å². The molecule has 2 aliphatic rings. The van der Waals surface area contributed by atoms with Gasteiger partial charge in [-0.2, -0.15) is 9.76 Å². The maximum atomic E-state index is 13.2. The average molecular weight is 704 g/mol. The molecule has 258 valence electrons. The molecule has 12 heteroatoms. The summed E-state index contributed by atoms with van der Waals surface area (Å²) in [6, 6.07) is 23.8. The van der Waals surface area contributed by atoms with Gasteiger partial charge in [0, 0.05) is 30.4 Å². The fraction of sp³-hybridized carbons (Fsp3) is 0.324. The number of allylic oxidation sites excluding steroid dienone is 4. The molecule has 0 radical (unpaired) electrons. The molecule has 0 fully saturated rings. The monoisotopic (exact) mass is 703 g/mol. The highest BCUT2D eigenvalue weighted by molar-refractivity contribution is 7.80. The van der Waals surface area contributed by atoms with Gasteiger partial charge in [-0.3, -0.25) is 4.90 Å². The molecule has 1 aliphatic heterocycles. The zero-order valence-corrected chi connectivity index (χ0v) is 29.8. The van der Waals surface area contributed by atoms with Crippen LogP contribution in [-0.4, -0.2) is 31.4 Å². The van der Waals surface area contributed by atoms with Gasteiger partial charge in [0.05, 0.1) is 11.8 Å². The standard InChI is InChI=1S/C37H42N4O6S2/c1-26(2)39-30-15-13-27(14-16-30)17-18-38-47-49(44)25-41-32-10-6-8-12-34(32)46-36(41)21-29-19-28(22-37(3,4)23-29)20-35-40(24-48(42)43)31-9-5-7-11-33(31)45-35/h5-16,19-21,26,38-39H,17-18,22-25H2,1-4H3/p+1. The number of anilines is 2. The van der Waals surface area contributed by atoms with E-state index in [2.05, 4.69) is 68.8 Å². The first-order chi connectivity index (χ1) is 23.5. The summed E-state index contributed by atoms with van der Waals surface area (Å²) in [4.78, 5) is 1.88. The topological polar surface area (TPSA) is 117 Å². The van der Waals surface area contributed by atoms with E-state index in [4.69, 9.17) is 13.4 Å². The van der Waals surface area contributed by atoms with E-state index >= 15 is 0 Å². The van der Waals surface area contributed by atoms with Crippen LogP contribution in [0.4, 0.5) is 11.4 Å². The quantitative estimate of drug-likeness (QED) is 0.0587. The van der Waals surface area contributed by atoms with Gasteiger partial charge < -0.3 is 19.0 Å². The van der Waals surface area contributed by atoms with Crippen molar-refractivity contribution in [3.63, 3.8) is 0 Å². The summed E-state index contributed by atoms with van der Waals surface area (Å²) in [5.41, 5.74) is 9.28. The minimum absolute atomic E-state index is 0.0715. The minimum Gasteiger partial charge on any atom is -0.439 e. The lowest BCUT2D eigenvalue weighted by Gasteiger charge is -2.30. The van der Waals surface area contributed by atoms with Crippen LogP contribution in [0.2, 0.25) is 0 Å². The summed E-state index contributed by atoms with van der Waals surface area (Å²) in [7, 11) is 0. The first-order valence-electron chi connectivity index (χ1n) is 16.3. The number of nitrogens with zero attached hydrogens (tertiary/aromatic N) is 2. The lowest BCUT2D eigenvalue weighted by molar-refractivity contribution is -0.658. The molecule has 10 nitrogen and oxygen atoms in total. The van der Waals surface area contributed by atoms with E-state index in [0.29, 0.717) is 35.7 Å². The summed E-state index contributed by atoms with van der Waals surface area (Å²) >= 11 is -3.74. The summed E-state index contributed by atoms with van der Waals surface area (Å²) in [6.45, 7) is 9.13. The number of rotatable bonds is 13. The zero-order valence-electron chi connectivity index (χ0n) is 28.2. The van der Waals surface area contributed by atoms with Crippen LogP contribution >= 0.6 is 0 Å². The highest BCUT2D eigenvalue weighted by Gasteiger charge is 2.31. The lowest BCUT2D eigenvalue weighted by atomic mass is 9.75. The Kier molecular flexibility index (Phi) is 10.8. The van der Waals surface area contributed by atoms with Crippen molar-refractivity contribution in [3.8, 4) is 5.75 Å². The summed E-state index contributed by atoms with van der Waals surface area (Å²) in [5, 5.41) is 3.38. The Balaban J connectivity index is 1.18. The largest absolute Gasteiger partial charge is 0.439 e. The SMILES string of the molecule is CC(C)Nc1ccc(CCNOS(=O)CN2C(=CC3=CC(=Cc4oc5ccccc5[n+]4CS(=O)O)CC(C)(C)C3)Oc3ccccc32)cc1. The maximum Gasteiger partial charge on any atom is 0.375 e. The first kappa shape index (κ1) is 34.8. The van der Waals surface area contributed by atoms with Crippen molar-refractivity contribution < 1.29 is 31.0 Å². The number of aromatic nitrogens is 1. The molecule has 0 saturated carbocycles. The zero-order chi connectivity index (χ0) is 34.5. The fourth-order valence-electron chi connectivity index (χ4n) is 6.24. The van der Waals surface area contributed by atoms with Crippen molar-refractivity contribution >= 4 is 50.7 Å². The predicted molar refractivity (Wildman–Crippen MR) is 195 cm³/mol. The summed E-state index contributed by atoms with van der Waals surface area (Å²) in [5.74, 6) is 1.72. The number of hydroxylamine groups is 1. The lowest BCUT2D eigenvalue weighted by Crippen LogP contribution is -2.37. The van der Waals surface area contributed by atoms with E-state index in [0.717, 1.165) is 52.9 Å². The average Bonchev–Trinajstić information content (AvgIpc) is 3.55.